The summed E-state index contributed by atoms with van der Waals surface area (Å²) in [7, 11) is 3.14. The van der Waals surface area contributed by atoms with Gasteiger partial charge in [-0.3, -0.25) is 4.79 Å². The van der Waals surface area contributed by atoms with Gasteiger partial charge in [-0.15, -0.1) is 0 Å². The molecule has 0 bridgehead atoms. The molecule has 0 heterocycles. The largest absolute Gasteiger partial charge is 0.497 e. The molecule has 0 aromatic heterocycles. The molecular weight excluding hydrogens is 534 g/mol. The lowest BCUT2D eigenvalue weighted by Crippen LogP contribution is -2.33. The summed E-state index contributed by atoms with van der Waals surface area (Å²) in [5.41, 5.74) is 11.4. The lowest BCUT2D eigenvalue weighted by atomic mass is 9.97. The highest BCUT2D eigenvalue weighted by Crippen LogP contribution is 2.44. The molecule has 0 radical (unpaired) electrons. The molecule has 1 atom stereocenters. The Morgan fingerprint density at radius 3 is 2.10 bits per heavy atom. The van der Waals surface area contributed by atoms with Crippen molar-refractivity contribution in [2.45, 2.75) is 12.0 Å². The van der Waals surface area contributed by atoms with E-state index in [4.69, 9.17) is 24.7 Å². The number of hydrogen-bond donors (Lipinski definition) is 3. The number of methoxy groups -OCH3 is 2. The summed E-state index contributed by atoms with van der Waals surface area (Å²) in [5.74, 6) is 1.27. The van der Waals surface area contributed by atoms with Gasteiger partial charge in [-0.1, -0.05) is 60.7 Å². The number of benzene rings is 4. The summed E-state index contributed by atoms with van der Waals surface area (Å²) >= 11 is 0. The van der Waals surface area contributed by atoms with Crippen molar-refractivity contribution < 1.29 is 28.5 Å². The molecule has 4 N–H and O–H groups in total. The molecule has 1 aliphatic carbocycles. The number of rotatable bonds is 11. The van der Waals surface area contributed by atoms with Crippen LogP contribution >= 0.6 is 0 Å². The van der Waals surface area contributed by atoms with E-state index in [0.29, 0.717) is 22.8 Å². The third-order valence-electron chi connectivity index (χ3n) is 7.24. The van der Waals surface area contributed by atoms with E-state index < -0.39 is 12.1 Å². The summed E-state index contributed by atoms with van der Waals surface area (Å²) in [6.45, 7) is 0.0578. The van der Waals surface area contributed by atoms with Gasteiger partial charge in [0.1, 0.15) is 23.9 Å². The molecule has 4 aromatic rings. The Bertz CT molecular complexity index is 1510. The number of fused-ring (bicyclic) bond motifs is 3. The normalized spacial score (nSPS) is 12.5. The average Bonchev–Trinajstić information content (AvgIpc) is 3.35. The van der Waals surface area contributed by atoms with Crippen molar-refractivity contribution >= 4 is 12.0 Å². The van der Waals surface area contributed by atoms with E-state index in [-0.39, 0.29) is 31.7 Å². The fourth-order valence-corrected chi connectivity index (χ4v) is 5.23. The van der Waals surface area contributed by atoms with Gasteiger partial charge in [-0.2, -0.15) is 0 Å². The number of carbonyl (C=O) groups is 2. The second-order valence-corrected chi connectivity index (χ2v) is 9.67. The number of amides is 2. The zero-order valence-corrected chi connectivity index (χ0v) is 23.5. The molecule has 42 heavy (non-hydrogen) atoms. The molecule has 0 spiro atoms. The first-order valence-corrected chi connectivity index (χ1v) is 13.5. The van der Waals surface area contributed by atoms with Crippen LogP contribution in [0.15, 0.2) is 91.0 Å². The fraction of sp³-hybridized carbons (Fsp3) is 0.212. The molecule has 0 fully saturated rings. The summed E-state index contributed by atoms with van der Waals surface area (Å²) in [5, 5.41) is 5.50. The van der Waals surface area contributed by atoms with E-state index in [2.05, 4.69) is 34.9 Å². The van der Waals surface area contributed by atoms with E-state index in [1.807, 2.05) is 42.5 Å². The van der Waals surface area contributed by atoms with E-state index >= 15 is 0 Å². The van der Waals surface area contributed by atoms with Crippen LogP contribution in [-0.4, -0.2) is 46.1 Å². The molecular formula is C33H33N3O6. The molecule has 9 heteroatoms. The molecule has 0 aliphatic heterocycles. The van der Waals surface area contributed by atoms with Crippen molar-refractivity contribution in [3.8, 4) is 28.4 Å². The minimum atomic E-state index is -0.615. The molecule has 216 valence electrons. The first kappa shape index (κ1) is 28.5. The van der Waals surface area contributed by atoms with Crippen LogP contribution in [0.1, 0.15) is 34.2 Å². The molecule has 1 aliphatic rings. The molecule has 0 saturated heterocycles. The maximum atomic E-state index is 13.3. The van der Waals surface area contributed by atoms with Crippen LogP contribution in [0.5, 0.6) is 17.2 Å². The van der Waals surface area contributed by atoms with E-state index in [1.54, 1.807) is 38.5 Å². The number of nitrogens with one attached hydrogen (secondary N) is 2. The molecule has 5 rings (SSSR count). The second kappa shape index (κ2) is 13.1. The van der Waals surface area contributed by atoms with E-state index in [9.17, 15) is 9.59 Å². The van der Waals surface area contributed by atoms with Gasteiger partial charge in [0, 0.05) is 17.5 Å². The van der Waals surface area contributed by atoms with Gasteiger partial charge in [-0.25, -0.2) is 4.79 Å². The summed E-state index contributed by atoms with van der Waals surface area (Å²) < 4.78 is 22.4. The zero-order valence-electron chi connectivity index (χ0n) is 23.5. The third kappa shape index (κ3) is 6.16. The monoisotopic (exact) mass is 567 g/mol. The van der Waals surface area contributed by atoms with Crippen LogP contribution in [0.3, 0.4) is 0 Å². The maximum absolute atomic E-state index is 13.3. The minimum absolute atomic E-state index is 0.0358. The van der Waals surface area contributed by atoms with Gasteiger partial charge in [0.2, 0.25) is 0 Å². The van der Waals surface area contributed by atoms with Crippen molar-refractivity contribution in [3.63, 3.8) is 0 Å². The quantitative estimate of drug-likeness (QED) is 0.224. The lowest BCUT2D eigenvalue weighted by Gasteiger charge is -2.23. The second-order valence-electron chi connectivity index (χ2n) is 9.67. The summed E-state index contributed by atoms with van der Waals surface area (Å²) in [4.78, 5) is 25.0. The SMILES string of the molecule is COc1ccc(C(NC(=O)OCC2c3ccccc3-c3ccccc32)c2ccc(OCC(=O)NCN)cc2)c(OC)c1. The van der Waals surface area contributed by atoms with Crippen LogP contribution in [0.25, 0.3) is 11.1 Å². The number of nitrogens with two attached hydrogens (primary N) is 1. The number of carbonyl (C=O) groups excluding carboxylic acids is 2. The van der Waals surface area contributed by atoms with Crippen molar-refractivity contribution in [2.24, 2.45) is 5.73 Å². The van der Waals surface area contributed by atoms with Gasteiger partial charge in [0.05, 0.1) is 26.9 Å². The number of alkyl carbamates (subject to hydrolysis) is 1. The van der Waals surface area contributed by atoms with Crippen molar-refractivity contribution in [2.75, 3.05) is 34.1 Å². The van der Waals surface area contributed by atoms with Crippen LogP contribution < -0.4 is 30.6 Å². The molecule has 1 unspecified atom stereocenters. The highest BCUT2D eigenvalue weighted by atomic mass is 16.5. The number of ether oxygens (including phenoxy) is 4. The number of hydrogen-bond acceptors (Lipinski definition) is 7. The van der Waals surface area contributed by atoms with Crippen molar-refractivity contribution in [3.05, 3.63) is 113 Å². The first-order chi connectivity index (χ1) is 20.5. The predicted octanol–water partition coefficient (Wildman–Crippen LogP) is 4.74. The Labute approximate surface area is 244 Å². The van der Waals surface area contributed by atoms with Gasteiger partial charge in [0.25, 0.3) is 5.91 Å². The Morgan fingerprint density at radius 2 is 1.48 bits per heavy atom. The van der Waals surface area contributed by atoms with Gasteiger partial charge < -0.3 is 35.3 Å². The third-order valence-corrected chi connectivity index (χ3v) is 7.24. The van der Waals surface area contributed by atoms with Gasteiger partial charge >= 0.3 is 6.09 Å². The highest BCUT2D eigenvalue weighted by Gasteiger charge is 2.30. The van der Waals surface area contributed by atoms with Gasteiger partial charge in [0.15, 0.2) is 6.61 Å². The molecule has 4 aromatic carbocycles. The van der Waals surface area contributed by atoms with Crippen molar-refractivity contribution in [1.82, 2.24) is 10.6 Å². The molecule has 2 amide bonds. The van der Waals surface area contributed by atoms with E-state index in [1.165, 1.54) is 0 Å². The smallest absolute Gasteiger partial charge is 0.407 e. The Morgan fingerprint density at radius 1 is 0.833 bits per heavy atom. The maximum Gasteiger partial charge on any atom is 0.407 e. The van der Waals surface area contributed by atoms with Crippen LogP contribution in [0.4, 0.5) is 4.79 Å². The predicted molar refractivity (Wildman–Crippen MR) is 159 cm³/mol. The highest BCUT2D eigenvalue weighted by molar-refractivity contribution is 5.79. The Balaban J connectivity index is 1.36. The van der Waals surface area contributed by atoms with Crippen LogP contribution in [0.2, 0.25) is 0 Å². The standard InChI is InChI=1S/C33H33N3O6/c1-39-23-15-16-28(30(17-23)40-2)32(21-11-13-22(14-12-21)41-19-31(37)35-20-34)36-33(38)42-18-29-26-9-5-3-7-24(26)25-8-4-6-10-27(25)29/h3-17,29,32H,18-20,34H2,1-2H3,(H,35,37)(H,36,38). The van der Waals surface area contributed by atoms with Crippen LogP contribution in [0, 0.1) is 0 Å². The van der Waals surface area contributed by atoms with Crippen molar-refractivity contribution in [1.29, 1.82) is 0 Å². The molecule has 0 saturated carbocycles. The summed E-state index contributed by atoms with van der Waals surface area (Å²) in [6, 6.07) is 28.3. The van der Waals surface area contributed by atoms with Gasteiger partial charge in [-0.05, 0) is 52.1 Å². The Kier molecular flexibility index (Phi) is 8.89. The Hall–Kier alpha value is -5.02. The zero-order chi connectivity index (χ0) is 29.5. The first-order valence-electron chi connectivity index (χ1n) is 13.5. The summed E-state index contributed by atoms with van der Waals surface area (Å²) in [6.07, 6.45) is -0.571. The van der Waals surface area contributed by atoms with Crippen LogP contribution in [-0.2, 0) is 9.53 Å². The lowest BCUT2D eigenvalue weighted by molar-refractivity contribution is -0.123. The minimum Gasteiger partial charge on any atom is -0.497 e. The fourth-order valence-electron chi connectivity index (χ4n) is 5.23. The average molecular weight is 568 g/mol. The molecule has 9 nitrogen and oxygen atoms in total. The van der Waals surface area contributed by atoms with E-state index in [0.717, 1.165) is 27.8 Å². The topological polar surface area (TPSA) is 121 Å².